The third-order valence-corrected chi connectivity index (χ3v) is 8.61. The van der Waals surface area contributed by atoms with Gasteiger partial charge in [0.1, 0.15) is 23.2 Å². The molecule has 0 bridgehead atoms. The number of ether oxygens (including phenoxy) is 1. The molecule has 0 saturated carbocycles. The van der Waals surface area contributed by atoms with E-state index in [1.165, 1.54) is 11.1 Å². The molecular formula is C39H45N5O. The van der Waals surface area contributed by atoms with Crippen LogP contribution in [0, 0.1) is 6.92 Å². The first-order chi connectivity index (χ1) is 21.8. The number of nitrogens with one attached hydrogen (secondary N) is 2. The molecule has 0 atom stereocenters. The van der Waals surface area contributed by atoms with Crippen molar-refractivity contribution in [2.75, 3.05) is 5.32 Å². The molecule has 0 aliphatic heterocycles. The highest BCUT2D eigenvalue weighted by Crippen LogP contribution is 2.31. The quantitative estimate of drug-likeness (QED) is 0.0928. The number of hydrogen-bond acceptors (Lipinski definition) is 4. The first-order valence-corrected chi connectivity index (χ1v) is 16.1. The summed E-state index contributed by atoms with van der Waals surface area (Å²) in [6.07, 6.45) is 4.21. The molecule has 4 N–H and O–H groups in total. The van der Waals surface area contributed by atoms with Crippen molar-refractivity contribution in [3.8, 4) is 22.9 Å². The Hall–Kier alpha value is -4.84. The summed E-state index contributed by atoms with van der Waals surface area (Å²) in [5, 5.41) is 3.53. The number of benzene rings is 4. The molecular weight excluding hydrogens is 554 g/mol. The second kappa shape index (κ2) is 14.3. The van der Waals surface area contributed by atoms with E-state index >= 15 is 0 Å². The van der Waals surface area contributed by atoms with Crippen LogP contribution in [-0.2, 0) is 0 Å². The lowest BCUT2D eigenvalue weighted by Gasteiger charge is -2.18. The smallest absolute Gasteiger partial charge is 0.138 e. The standard InChI is InChI=1S/C39H45N5O/c1-7-27(8-2)30-12-11-25(5)36(23-30)41-26(6)28-13-18-33(19-14-28)45-34-20-15-29(16-21-34)39-43-35-22-17-31(24-37(35)44-39)38(40)42-32(9-3)10-4/h11-24,27,32,41H,6-10H2,1-5H3,(H2,40,42)(H,43,44). The summed E-state index contributed by atoms with van der Waals surface area (Å²) in [7, 11) is 0. The number of aromatic nitrogens is 2. The number of hydrogen-bond donors (Lipinski definition) is 3. The van der Waals surface area contributed by atoms with E-state index in [2.05, 4.69) is 74.7 Å². The number of H-pyrrole nitrogens is 1. The van der Waals surface area contributed by atoms with Gasteiger partial charge < -0.3 is 20.8 Å². The number of rotatable bonds is 13. The molecule has 6 heteroatoms. The van der Waals surface area contributed by atoms with Gasteiger partial charge in [-0.05, 0) is 128 Å². The lowest BCUT2D eigenvalue weighted by atomic mass is 9.92. The van der Waals surface area contributed by atoms with E-state index in [1.807, 2.05) is 66.7 Å². The molecule has 1 aromatic heterocycles. The molecule has 4 aromatic carbocycles. The maximum Gasteiger partial charge on any atom is 0.138 e. The lowest BCUT2D eigenvalue weighted by Crippen LogP contribution is -2.17. The van der Waals surface area contributed by atoms with Gasteiger partial charge in [-0.25, -0.2) is 4.98 Å². The number of nitrogens with two attached hydrogens (primary N) is 1. The summed E-state index contributed by atoms with van der Waals surface area (Å²) < 4.78 is 6.15. The summed E-state index contributed by atoms with van der Waals surface area (Å²) >= 11 is 0. The molecule has 0 aliphatic carbocycles. The molecule has 0 unspecified atom stereocenters. The zero-order valence-corrected chi connectivity index (χ0v) is 27.2. The van der Waals surface area contributed by atoms with Gasteiger partial charge in [-0.15, -0.1) is 0 Å². The largest absolute Gasteiger partial charge is 0.457 e. The van der Waals surface area contributed by atoms with Crippen LogP contribution >= 0.6 is 0 Å². The Morgan fingerprint density at radius 1 is 0.844 bits per heavy atom. The van der Waals surface area contributed by atoms with Gasteiger partial charge in [0.25, 0.3) is 0 Å². The maximum absolute atomic E-state index is 6.31. The fraction of sp³-hybridized carbons (Fsp3) is 0.282. The first kappa shape index (κ1) is 31.6. The molecule has 0 fully saturated rings. The second-order valence-electron chi connectivity index (χ2n) is 11.6. The van der Waals surface area contributed by atoms with Gasteiger partial charge in [-0.2, -0.15) is 0 Å². The van der Waals surface area contributed by atoms with Crippen molar-refractivity contribution in [3.05, 3.63) is 114 Å². The van der Waals surface area contributed by atoms with E-state index in [0.29, 0.717) is 11.8 Å². The minimum Gasteiger partial charge on any atom is -0.457 e. The molecule has 0 spiro atoms. The van der Waals surface area contributed by atoms with E-state index in [9.17, 15) is 0 Å². The Morgan fingerprint density at radius 3 is 2.13 bits per heavy atom. The van der Waals surface area contributed by atoms with Crippen LogP contribution in [0.1, 0.15) is 81.5 Å². The van der Waals surface area contributed by atoms with Crippen LogP contribution in [0.2, 0.25) is 0 Å². The molecule has 0 amide bonds. The highest BCUT2D eigenvalue weighted by atomic mass is 16.5. The van der Waals surface area contributed by atoms with Crippen molar-refractivity contribution in [2.45, 2.75) is 72.3 Å². The number of aliphatic imine (C=N–C) groups is 1. The average molecular weight is 600 g/mol. The molecule has 232 valence electrons. The molecule has 0 radical (unpaired) electrons. The summed E-state index contributed by atoms with van der Waals surface area (Å²) in [4.78, 5) is 12.9. The van der Waals surface area contributed by atoms with Crippen molar-refractivity contribution in [3.63, 3.8) is 0 Å². The fourth-order valence-electron chi connectivity index (χ4n) is 5.61. The molecule has 0 saturated heterocycles. The van der Waals surface area contributed by atoms with Crippen molar-refractivity contribution < 1.29 is 4.74 Å². The topological polar surface area (TPSA) is 88.3 Å². The Balaban J connectivity index is 1.24. The molecule has 1 heterocycles. The summed E-state index contributed by atoms with van der Waals surface area (Å²) in [5.74, 6) is 3.44. The monoisotopic (exact) mass is 599 g/mol. The molecule has 5 rings (SSSR count). The zero-order chi connectivity index (χ0) is 31.9. The van der Waals surface area contributed by atoms with Gasteiger partial charge in [-0.1, -0.05) is 46.4 Å². The fourth-order valence-corrected chi connectivity index (χ4v) is 5.61. The van der Waals surface area contributed by atoms with E-state index in [-0.39, 0.29) is 6.04 Å². The minimum absolute atomic E-state index is 0.241. The van der Waals surface area contributed by atoms with E-state index in [1.54, 1.807) is 0 Å². The van der Waals surface area contributed by atoms with E-state index < -0.39 is 0 Å². The maximum atomic E-state index is 6.31. The second-order valence-corrected chi connectivity index (χ2v) is 11.6. The van der Waals surface area contributed by atoms with Gasteiger partial charge >= 0.3 is 0 Å². The number of amidine groups is 1. The Morgan fingerprint density at radius 2 is 1.49 bits per heavy atom. The van der Waals surface area contributed by atoms with Crippen molar-refractivity contribution in [2.24, 2.45) is 10.7 Å². The van der Waals surface area contributed by atoms with Crippen molar-refractivity contribution in [1.82, 2.24) is 9.97 Å². The van der Waals surface area contributed by atoms with Gasteiger partial charge in [0.05, 0.1) is 17.1 Å². The predicted octanol–water partition coefficient (Wildman–Crippen LogP) is 10.2. The third kappa shape index (κ3) is 7.46. The summed E-state index contributed by atoms with van der Waals surface area (Å²) in [6, 6.07) is 28.9. The molecule has 45 heavy (non-hydrogen) atoms. The van der Waals surface area contributed by atoms with Crippen molar-refractivity contribution in [1.29, 1.82) is 0 Å². The van der Waals surface area contributed by atoms with Gasteiger partial charge in [0.15, 0.2) is 0 Å². The normalized spacial score (nSPS) is 11.8. The van der Waals surface area contributed by atoms with E-state index in [0.717, 1.165) is 82.1 Å². The molecule has 5 aromatic rings. The lowest BCUT2D eigenvalue weighted by molar-refractivity contribution is 0.482. The van der Waals surface area contributed by atoms with Crippen LogP contribution < -0.4 is 15.8 Å². The number of nitrogens with zero attached hydrogens (tertiary/aromatic N) is 2. The van der Waals surface area contributed by atoms with Gasteiger partial charge in [-0.3, -0.25) is 4.99 Å². The number of fused-ring (bicyclic) bond motifs is 1. The number of aromatic amines is 1. The minimum atomic E-state index is 0.241. The van der Waals surface area contributed by atoms with Crippen LogP contribution in [0.25, 0.3) is 28.1 Å². The summed E-state index contributed by atoms with van der Waals surface area (Å²) in [5.41, 5.74) is 15.5. The summed E-state index contributed by atoms with van der Waals surface area (Å²) in [6.45, 7) is 15.2. The third-order valence-electron chi connectivity index (χ3n) is 8.61. The van der Waals surface area contributed by atoms with Crippen LogP contribution in [0.3, 0.4) is 0 Å². The Bertz CT molecular complexity index is 1780. The van der Waals surface area contributed by atoms with Gasteiger partial charge in [0.2, 0.25) is 0 Å². The predicted molar refractivity (Wildman–Crippen MR) is 190 cm³/mol. The SMILES string of the molecule is C=C(Nc1cc(C(CC)CC)ccc1C)c1ccc(Oc2ccc(-c3nc4ccc(C(N)=NC(CC)CC)cc4[nH]3)cc2)cc1. The highest BCUT2D eigenvalue weighted by molar-refractivity contribution is 6.00. The van der Waals surface area contributed by atoms with Crippen molar-refractivity contribution >= 4 is 28.3 Å². The van der Waals surface area contributed by atoms with Crippen LogP contribution in [0.15, 0.2) is 96.5 Å². The first-order valence-electron chi connectivity index (χ1n) is 16.1. The van der Waals surface area contributed by atoms with Crippen LogP contribution in [0.4, 0.5) is 5.69 Å². The highest BCUT2D eigenvalue weighted by Gasteiger charge is 2.12. The number of aryl methyl sites for hydroxylation is 1. The Kier molecular flexibility index (Phi) is 10.0. The zero-order valence-electron chi connectivity index (χ0n) is 27.2. The van der Waals surface area contributed by atoms with E-state index in [4.69, 9.17) is 15.5 Å². The van der Waals surface area contributed by atoms with Crippen LogP contribution in [-0.4, -0.2) is 21.8 Å². The molecule has 0 aliphatic rings. The average Bonchev–Trinajstić information content (AvgIpc) is 3.50. The molecule has 6 nitrogen and oxygen atoms in total. The Labute approximate surface area is 267 Å². The number of imidazole rings is 1. The van der Waals surface area contributed by atoms with Gasteiger partial charge in [0, 0.05) is 22.5 Å². The van der Waals surface area contributed by atoms with Crippen LogP contribution in [0.5, 0.6) is 11.5 Å². The number of anilines is 1.